The number of hydrogen-bond acceptors (Lipinski definition) is 5. The molecule has 7 heteroatoms. The molecule has 0 bridgehead atoms. The van der Waals surface area contributed by atoms with Gasteiger partial charge in [0.15, 0.2) is 0 Å². The summed E-state index contributed by atoms with van der Waals surface area (Å²) >= 11 is 0. The third-order valence-corrected chi connectivity index (χ3v) is 6.39. The Morgan fingerprint density at radius 3 is 2.52 bits per heavy atom. The number of nitriles is 1. The van der Waals surface area contributed by atoms with Crippen molar-refractivity contribution in [3.05, 3.63) is 76.9 Å². The minimum absolute atomic E-state index is 0.0961. The SMILES string of the molecule is Cc1c(C#N)c(NC(=O)CN2CCCN(Cc3ccccc3)CC2)n(Cc2ccco2)c1C. The van der Waals surface area contributed by atoms with E-state index in [4.69, 9.17) is 4.42 Å². The fourth-order valence-corrected chi connectivity index (χ4v) is 4.44. The molecule has 3 aromatic rings. The van der Waals surface area contributed by atoms with E-state index in [1.165, 1.54) is 5.56 Å². The molecule has 7 nitrogen and oxygen atoms in total. The molecule has 2 aromatic heterocycles. The van der Waals surface area contributed by atoms with E-state index in [0.717, 1.165) is 56.2 Å². The molecule has 1 saturated heterocycles. The van der Waals surface area contributed by atoms with E-state index >= 15 is 0 Å². The number of hydrogen-bond donors (Lipinski definition) is 1. The summed E-state index contributed by atoms with van der Waals surface area (Å²) in [6.45, 7) is 9.28. The quantitative estimate of drug-likeness (QED) is 0.599. The summed E-state index contributed by atoms with van der Waals surface area (Å²) in [6, 6.07) is 16.5. The highest BCUT2D eigenvalue weighted by Crippen LogP contribution is 2.27. The molecule has 33 heavy (non-hydrogen) atoms. The summed E-state index contributed by atoms with van der Waals surface area (Å²) in [5, 5.41) is 12.8. The third-order valence-electron chi connectivity index (χ3n) is 6.39. The number of carbonyl (C=O) groups excluding carboxylic acids is 1. The topological polar surface area (TPSA) is 77.4 Å². The lowest BCUT2D eigenvalue weighted by molar-refractivity contribution is -0.117. The van der Waals surface area contributed by atoms with Crippen LogP contribution in [-0.2, 0) is 17.9 Å². The molecule has 1 amide bonds. The summed E-state index contributed by atoms with van der Waals surface area (Å²) < 4.78 is 7.45. The van der Waals surface area contributed by atoms with Crippen LogP contribution in [0.1, 0.15) is 34.6 Å². The Bertz CT molecular complexity index is 1110. The highest BCUT2D eigenvalue weighted by atomic mass is 16.3. The number of carbonyl (C=O) groups is 1. The summed E-state index contributed by atoms with van der Waals surface area (Å²) in [5.41, 5.74) is 3.66. The van der Waals surface area contributed by atoms with Gasteiger partial charge in [0.1, 0.15) is 17.6 Å². The monoisotopic (exact) mass is 445 g/mol. The minimum atomic E-state index is -0.0961. The zero-order chi connectivity index (χ0) is 23.2. The fourth-order valence-electron chi connectivity index (χ4n) is 4.44. The van der Waals surface area contributed by atoms with Gasteiger partial charge >= 0.3 is 0 Å². The highest BCUT2D eigenvalue weighted by molar-refractivity contribution is 5.93. The lowest BCUT2D eigenvalue weighted by Crippen LogP contribution is -2.36. The molecule has 4 rings (SSSR count). The Balaban J connectivity index is 1.39. The Labute approximate surface area is 195 Å². The smallest absolute Gasteiger partial charge is 0.239 e. The van der Waals surface area contributed by atoms with E-state index in [1.54, 1.807) is 6.26 Å². The first-order valence-corrected chi connectivity index (χ1v) is 11.5. The second-order valence-electron chi connectivity index (χ2n) is 8.65. The molecule has 0 atom stereocenters. The van der Waals surface area contributed by atoms with Crippen LogP contribution in [0.25, 0.3) is 0 Å². The van der Waals surface area contributed by atoms with Crippen LogP contribution in [0.15, 0.2) is 53.1 Å². The fraction of sp³-hybridized carbons (Fsp3) is 0.385. The van der Waals surface area contributed by atoms with Gasteiger partial charge in [-0.15, -0.1) is 0 Å². The average Bonchev–Trinajstić information content (AvgIpc) is 3.33. The van der Waals surface area contributed by atoms with Crippen molar-refractivity contribution >= 4 is 11.7 Å². The van der Waals surface area contributed by atoms with Crippen molar-refractivity contribution in [3.63, 3.8) is 0 Å². The van der Waals surface area contributed by atoms with Crippen molar-refractivity contribution < 1.29 is 9.21 Å². The average molecular weight is 446 g/mol. The molecule has 1 aliphatic heterocycles. The lowest BCUT2D eigenvalue weighted by Gasteiger charge is -2.22. The van der Waals surface area contributed by atoms with Crippen LogP contribution in [0.3, 0.4) is 0 Å². The van der Waals surface area contributed by atoms with Gasteiger partial charge in [0.2, 0.25) is 5.91 Å². The Morgan fingerprint density at radius 2 is 1.79 bits per heavy atom. The van der Waals surface area contributed by atoms with Gasteiger partial charge in [0.05, 0.1) is 24.9 Å². The van der Waals surface area contributed by atoms with Crippen LogP contribution < -0.4 is 5.32 Å². The van der Waals surface area contributed by atoms with E-state index in [2.05, 4.69) is 45.5 Å². The second kappa shape index (κ2) is 10.5. The van der Waals surface area contributed by atoms with Crippen molar-refractivity contribution in [1.82, 2.24) is 14.4 Å². The minimum Gasteiger partial charge on any atom is -0.467 e. The molecule has 1 aliphatic rings. The summed E-state index contributed by atoms with van der Waals surface area (Å²) in [4.78, 5) is 17.6. The second-order valence-corrected chi connectivity index (χ2v) is 8.65. The van der Waals surface area contributed by atoms with E-state index < -0.39 is 0 Å². The molecule has 1 N–H and O–H groups in total. The first kappa shape index (κ1) is 22.8. The normalized spacial score (nSPS) is 15.2. The predicted molar refractivity (Wildman–Crippen MR) is 128 cm³/mol. The van der Waals surface area contributed by atoms with Gasteiger partial charge in [-0.05, 0) is 56.6 Å². The molecule has 0 radical (unpaired) electrons. The van der Waals surface area contributed by atoms with E-state index in [9.17, 15) is 10.1 Å². The van der Waals surface area contributed by atoms with E-state index in [0.29, 0.717) is 24.5 Å². The molecule has 1 aromatic carbocycles. The Morgan fingerprint density at radius 1 is 1.03 bits per heavy atom. The van der Waals surface area contributed by atoms with Crippen LogP contribution in [0.5, 0.6) is 0 Å². The maximum atomic E-state index is 13.0. The summed E-state index contributed by atoms with van der Waals surface area (Å²) in [7, 11) is 0. The maximum Gasteiger partial charge on any atom is 0.239 e. The van der Waals surface area contributed by atoms with Crippen LogP contribution in [0.2, 0.25) is 0 Å². The molecule has 0 aliphatic carbocycles. The molecular formula is C26H31N5O2. The number of aromatic nitrogens is 1. The van der Waals surface area contributed by atoms with Gasteiger partial charge in [0.25, 0.3) is 0 Å². The summed E-state index contributed by atoms with van der Waals surface area (Å²) in [6.07, 6.45) is 2.65. The zero-order valence-electron chi connectivity index (χ0n) is 19.4. The van der Waals surface area contributed by atoms with E-state index in [1.807, 2.05) is 36.6 Å². The molecular weight excluding hydrogens is 414 g/mol. The van der Waals surface area contributed by atoms with Crippen LogP contribution in [0.4, 0.5) is 5.82 Å². The van der Waals surface area contributed by atoms with Crippen molar-refractivity contribution in [2.75, 3.05) is 38.0 Å². The van der Waals surface area contributed by atoms with Gasteiger partial charge in [-0.25, -0.2) is 0 Å². The molecule has 0 saturated carbocycles. The number of anilines is 1. The Hall–Kier alpha value is -3.34. The molecule has 3 heterocycles. The van der Waals surface area contributed by atoms with Crippen LogP contribution in [-0.4, -0.2) is 53.0 Å². The van der Waals surface area contributed by atoms with Crippen molar-refractivity contribution in [1.29, 1.82) is 5.26 Å². The van der Waals surface area contributed by atoms with Gasteiger partial charge in [-0.3, -0.25) is 14.6 Å². The molecule has 172 valence electrons. The molecule has 1 fully saturated rings. The first-order chi connectivity index (χ1) is 16.0. The Kier molecular flexibility index (Phi) is 7.28. The summed E-state index contributed by atoms with van der Waals surface area (Å²) in [5.74, 6) is 1.23. The van der Waals surface area contributed by atoms with Crippen molar-refractivity contribution in [2.24, 2.45) is 0 Å². The molecule has 0 unspecified atom stereocenters. The number of furan rings is 1. The molecule has 0 spiro atoms. The van der Waals surface area contributed by atoms with Crippen LogP contribution in [0, 0.1) is 25.2 Å². The lowest BCUT2D eigenvalue weighted by atomic mass is 10.2. The number of rotatable bonds is 7. The van der Waals surface area contributed by atoms with Crippen LogP contribution >= 0.6 is 0 Å². The number of nitrogens with zero attached hydrogens (tertiary/aromatic N) is 4. The number of nitrogens with one attached hydrogen (secondary N) is 1. The van der Waals surface area contributed by atoms with Gasteiger partial charge in [0, 0.05) is 25.3 Å². The van der Waals surface area contributed by atoms with Crippen molar-refractivity contribution in [3.8, 4) is 6.07 Å². The van der Waals surface area contributed by atoms with Gasteiger partial charge < -0.3 is 14.3 Å². The zero-order valence-corrected chi connectivity index (χ0v) is 19.4. The predicted octanol–water partition coefficient (Wildman–Crippen LogP) is 3.76. The van der Waals surface area contributed by atoms with Crippen molar-refractivity contribution in [2.45, 2.75) is 33.4 Å². The maximum absolute atomic E-state index is 13.0. The largest absolute Gasteiger partial charge is 0.467 e. The number of benzene rings is 1. The van der Waals surface area contributed by atoms with E-state index in [-0.39, 0.29) is 5.91 Å². The highest BCUT2D eigenvalue weighted by Gasteiger charge is 2.22. The standard InChI is InChI=1S/C26H31N5O2/c1-20-21(2)31(18-23-10-6-15-33-23)26(24(20)16-27)28-25(32)19-30-12-7-11-29(13-14-30)17-22-8-4-3-5-9-22/h3-6,8-10,15H,7,11-14,17-19H2,1-2H3,(H,28,32). The van der Waals surface area contributed by atoms with Gasteiger partial charge in [-0.2, -0.15) is 5.26 Å². The number of amides is 1. The first-order valence-electron chi connectivity index (χ1n) is 11.5. The van der Waals surface area contributed by atoms with Gasteiger partial charge in [-0.1, -0.05) is 30.3 Å². The third kappa shape index (κ3) is 5.54.